The van der Waals surface area contributed by atoms with Crippen LogP contribution < -0.4 is 5.32 Å². The predicted molar refractivity (Wildman–Crippen MR) is 66.8 cm³/mol. The minimum atomic E-state index is -0.385. The number of carbonyl (C=O) groups excluding carboxylic acids is 1. The summed E-state index contributed by atoms with van der Waals surface area (Å²) in [5.41, 5.74) is 1.08. The Morgan fingerprint density at radius 1 is 1.33 bits per heavy atom. The van der Waals surface area contributed by atoms with Gasteiger partial charge in [0.05, 0.1) is 18.4 Å². The van der Waals surface area contributed by atoms with E-state index in [-0.39, 0.29) is 5.97 Å². The minimum Gasteiger partial charge on any atom is -0.465 e. The Kier molecular flexibility index (Phi) is 3.27. The monoisotopic (exact) mass is 246 g/mol. The number of pyridine rings is 1. The van der Waals surface area contributed by atoms with Crippen molar-refractivity contribution in [2.45, 2.75) is 6.92 Å². The highest BCUT2D eigenvalue weighted by Gasteiger charge is 2.10. The lowest BCUT2D eigenvalue weighted by atomic mass is 10.2. The molecule has 0 bridgehead atoms. The molecule has 6 nitrogen and oxygen atoms in total. The smallest absolute Gasteiger partial charge is 0.339 e. The number of hydrogen-bond donors (Lipinski definition) is 1. The topological polar surface area (TPSA) is 69.0 Å². The standard InChI is InChI=1S/C12H14N4O2/c1-8-9(12(17)18-3)4-5-10(13-8)14-11-6-7-16(2)15-11/h4-7H,1-3H3,(H,13,14,15). The van der Waals surface area contributed by atoms with Crippen LogP contribution in [0.25, 0.3) is 0 Å². The van der Waals surface area contributed by atoms with Gasteiger partial charge in [0.1, 0.15) is 5.82 Å². The lowest BCUT2D eigenvalue weighted by Gasteiger charge is -2.06. The van der Waals surface area contributed by atoms with Crippen LogP contribution in [0.2, 0.25) is 0 Å². The lowest BCUT2D eigenvalue weighted by Crippen LogP contribution is -2.06. The Hall–Kier alpha value is -2.37. The van der Waals surface area contributed by atoms with Gasteiger partial charge in [0.15, 0.2) is 5.82 Å². The van der Waals surface area contributed by atoms with E-state index in [1.54, 1.807) is 23.7 Å². The number of rotatable bonds is 3. The van der Waals surface area contributed by atoms with Crippen LogP contribution in [0.4, 0.5) is 11.6 Å². The Balaban J connectivity index is 2.21. The molecule has 2 heterocycles. The van der Waals surface area contributed by atoms with E-state index in [1.807, 2.05) is 19.3 Å². The van der Waals surface area contributed by atoms with Crippen molar-refractivity contribution in [1.29, 1.82) is 0 Å². The van der Waals surface area contributed by atoms with Gasteiger partial charge in [0, 0.05) is 19.3 Å². The zero-order valence-corrected chi connectivity index (χ0v) is 10.5. The fourth-order valence-corrected chi connectivity index (χ4v) is 1.57. The summed E-state index contributed by atoms with van der Waals surface area (Å²) in [7, 11) is 3.19. The SMILES string of the molecule is COC(=O)c1ccc(Nc2ccn(C)n2)nc1C. The van der Waals surface area contributed by atoms with Gasteiger partial charge in [-0.15, -0.1) is 0 Å². The van der Waals surface area contributed by atoms with Crippen molar-refractivity contribution >= 4 is 17.6 Å². The van der Waals surface area contributed by atoms with Gasteiger partial charge in [-0.2, -0.15) is 5.10 Å². The number of methoxy groups -OCH3 is 1. The van der Waals surface area contributed by atoms with Crippen LogP contribution in [0.5, 0.6) is 0 Å². The first kappa shape index (κ1) is 12.1. The zero-order chi connectivity index (χ0) is 13.1. The summed E-state index contributed by atoms with van der Waals surface area (Å²) >= 11 is 0. The van der Waals surface area contributed by atoms with Crippen molar-refractivity contribution in [3.8, 4) is 0 Å². The van der Waals surface area contributed by atoms with Crippen LogP contribution in [-0.2, 0) is 11.8 Å². The van der Waals surface area contributed by atoms with E-state index in [1.165, 1.54) is 7.11 Å². The largest absolute Gasteiger partial charge is 0.465 e. The molecule has 0 fully saturated rings. The number of nitrogens with zero attached hydrogens (tertiary/aromatic N) is 3. The summed E-state index contributed by atoms with van der Waals surface area (Å²) in [6.07, 6.45) is 1.83. The molecule has 1 N–H and O–H groups in total. The van der Waals surface area contributed by atoms with Crippen LogP contribution in [0.1, 0.15) is 16.1 Å². The highest BCUT2D eigenvalue weighted by Crippen LogP contribution is 2.15. The van der Waals surface area contributed by atoms with Crippen LogP contribution in [-0.4, -0.2) is 27.8 Å². The van der Waals surface area contributed by atoms with Gasteiger partial charge in [-0.1, -0.05) is 0 Å². The highest BCUT2D eigenvalue weighted by atomic mass is 16.5. The lowest BCUT2D eigenvalue weighted by molar-refractivity contribution is 0.0599. The van der Waals surface area contributed by atoms with Gasteiger partial charge < -0.3 is 10.1 Å². The molecule has 0 aliphatic heterocycles. The maximum Gasteiger partial charge on any atom is 0.339 e. The number of anilines is 2. The fraction of sp³-hybridized carbons (Fsp3) is 0.250. The molecule has 0 aliphatic carbocycles. The Labute approximate surface area is 105 Å². The van der Waals surface area contributed by atoms with Crippen molar-refractivity contribution in [2.24, 2.45) is 7.05 Å². The van der Waals surface area contributed by atoms with E-state index in [0.717, 1.165) is 0 Å². The summed E-state index contributed by atoms with van der Waals surface area (Å²) in [5.74, 6) is 0.957. The predicted octanol–water partition coefficient (Wildman–Crippen LogP) is 1.65. The minimum absolute atomic E-state index is 0.385. The number of aromatic nitrogens is 3. The maximum atomic E-state index is 11.4. The second kappa shape index (κ2) is 4.87. The molecular formula is C12H14N4O2. The zero-order valence-electron chi connectivity index (χ0n) is 10.5. The van der Waals surface area contributed by atoms with Crippen molar-refractivity contribution in [3.63, 3.8) is 0 Å². The third-order valence-corrected chi connectivity index (χ3v) is 2.46. The number of hydrogen-bond acceptors (Lipinski definition) is 5. The van der Waals surface area contributed by atoms with Gasteiger partial charge in [-0.25, -0.2) is 9.78 Å². The first-order chi connectivity index (χ1) is 8.60. The molecule has 0 unspecified atom stereocenters. The number of nitrogens with one attached hydrogen (secondary N) is 1. The normalized spacial score (nSPS) is 10.2. The third kappa shape index (κ3) is 2.48. The molecule has 0 saturated carbocycles. The van der Waals surface area contributed by atoms with Crippen molar-refractivity contribution in [3.05, 3.63) is 35.7 Å². The summed E-state index contributed by atoms with van der Waals surface area (Å²) in [4.78, 5) is 15.7. The number of ether oxygens (including phenoxy) is 1. The molecule has 6 heteroatoms. The molecule has 0 radical (unpaired) electrons. The van der Waals surface area contributed by atoms with Gasteiger partial charge in [-0.05, 0) is 19.1 Å². The number of carbonyl (C=O) groups is 1. The van der Waals surface area contributed by atoms with Gasteiger partial charge >= 0.3 is 5.97 Å². The Bertz CT molecular complexity index is 577. The van der Waals surface area contributed by atoms with E-state index < -0.39 is 0 Å². The first-order valence-corrected chi connectivity index (χ1v) is 5.43. The van der Waals surface area contributed by atoms with E-state index in [0.29, 0.717) is 22.9 Å². The van der Waals surface area contributed by atoms with E-state index in [4.69, 9.17) is 0 Å². The summed E-state index contributed by atoms with van der Waals surface area (Å²) in [6, 6.07) is 5.23. The van der Waals surface area contributed by atoms with Gasteiger partial charge in [0.2, 0.25) is 0 Å². The average Bonchev–Trinajstić information content (AvgIpc) is 2.74. The van der Waals surface area contributed by atoms with E-state index in [9.17, 15) is 4.79 Å². The van der Waals surface area contributed by atoms with Crippen molar-refractivity contribution < 1.29 is 9.53 Å². The number of aryl methyl sites for hydroxylation is 2. The Morgan fingerprint density at radius 3 is 2.67 bits per heavy atom. The molecule has 2 aromatic rings. The molecule has 2 aromatic heterocycles. The van der Waals surface area contributed by atoms with Gasteiger partial charge in [0.25, 0.3) is 0 Å². The molecule has 94 valence electrons. The highest BCUT2D eigenvalue weighted by molar-refractivity contribution is 5.90. The average molecular weight is 246 g/mol. The fourth-order valence-electron chi connectivity index (χ4n) is 1.57. The van der Waals surface area contributed by atoms with Crippen LogP contribution in [0, 0.1) is 6.92 Å². The van der Waals surface area contributed by atoms with Crippen molar-refractivity contribution in [1.82, 2.24) is 14.8 Å². The van der Waals surface area contributed by atoms with Gasteiger partial charge in [-0.3, -0.25) is 4.68 Å². The summed E-state index contributed by atoms with van der Waals surface area (Å²) < 4.78 is 6.36. The summed E-state index contributed by atoms with van der Waals surface area (Å²) in [5, 5.41) is 7.24. The first-order valence-electron chi connectivity index (χ1n) is 5.43. The van der Waals surface area contributed by atoms with E-state index in [2.05, 4.69) is 20.1 Å². The van der Waals surface area contributed by atoms with Crippen LogP contribution in [0.15, 0.2) is 24.4 Å². The molecule has 0 aliphatic rings. The maximum absolute atomic E-state index is 11.4. The quantitative estimate of drug-likeness (QED) is 0.834. The second-order valence-electron chi connectivity index (χ2n) is 3.82. The molecule has 0 atom stereocenters. The molecule has 2 rings (SSSR count). The molecular weight excluding hydrogens is 232 g/mol. The molecule has 0 saturated heterocycles. The van der Waals surface area contributed by atoms with Crippen LogP contribution >= 0.6 is 0 Å². The molecule has 0 amide bonds. The number of esters is 1. The Morgan fingerprint density at radius 2 is 2.11 bits per heavy atom. The van der Waals surface area contributed by atoms with E-state index >= 15 is 0 Å². The molecule has 0 aromatic carbocycles. The third-order valence-electron chi connectivity index (χ3n) is 2.46. The van der Waals surface area contributed by atoms with Crippen LogP contribution in [0.3, 0.4) is 0 Å². The molecule has 0 spiro atoms. The summed E-state index contributed by atoms with van der Waals surface area (Å²) in [6.45, 7) is 1.76. The second-order valence-corrected chi connectivity index (χ2v) is 3.82. The van der Waals surface area contributed by atoms with Crippen molar-refractivity contribution in [2.75, 3.05) is 12.4 Å². The molecule has 18 heavy (non-hydrogen) atoms.